The molecule has 38 heavy (non-hydrogen) atoms. The summed E-state index contributed by atoms with van der Waals surface area (Å²) in [6.45, 7) is 12.6. The van der Waals surface area contributed by atoms with Crippen LogP contribution in [0.5, 0.6) is 0 Å². The average molecular weight is 522 g/mol. The van der Waals surface area contributed by atoms with Gasteiger partial charge < -0.3 is 25.0 Å². The normalized spacial score (nSPS) is 13.8. The van der Waals surface area contributed by atoms with Crippen LogP contribution in [0, 0.1) is 0 Å². The molecule has 1 aliphatic heterocycles. The molecule has 0 bridgehead atoms. The van der Waals surface area contributed by atoms with Crippen molar-refractivity contribution in [2.24, 2.45) is 0 Å². The van der Waals surface area contributed by atoms with Crippen LogP contribution in [-0.2, 0) is 15.9 Å². The Morgan fingerprint density at radius 2 is 1.50 bits per heavy atom. The van der Waals surface area contributed by atoms with Crippen LogP contribution in [0.2, 0.25) is 0 Å². The van der Waals surface area contributed by atoms with Gasteiger partial charge in [0, 0.05) is 30.9 Å². The molecule has 0 spiro atoms. The molecular formula is C30H39N3O5. The molecule has 0 aromatic heterocycles. The first kappa shape index (κ1) is 28.8. The topological polar surface area (TPSA) is 97.0 Å². The number of nitrogens with one attached hydrogen (secondary N) is 2. The van der Waals surface area contributed by atoms with Crippen LogP contribution in [0.3, 0.4) is 0 Å². The van der Waals surface area contributed by atoms with Gasteiger partial charge in [0.25, 0.3) is 5.91 Å². The van der Waals surface area contributed by atoms with E-state index < -0.39 is 17.3 Å². The number of carbonyl (C=O) groups excluding carboxylic acids is 3. The van der Waals surface area contributed by atoms with Crippen molar-refractivity contribution in [3.8, 4) is 0 Å². The predicted molar refractivity (Wildman–Crippen MR) is 149 cm³/mol. The summed E-state index contributed by atoms with van der Waals surface area (Å²) in [6, 6.07) is 15.0. The lowest BCUT2D eigenvalue weighted by atomic mass is 9.98. The molecule has 2 N–H and O–H groups in total. The Balaban J connectivity index is 1.48. The lowest BCUT2D eigenvalue weighted by Gasteiger charge is -2.29. The third-order valence-corrected chi connectivity index (χ3v) is 5.67. The zero-order valence-corrected chi connectivity index (χ0v) is 23.2. The molecular weight excluding hydrogens is 482 g/mol. The van der Waals surface area contributed by atoms with Gasteiger partial charge in [0.1, 0.15) is 11.2 Å². The van der Waals surface area contributed by atoms with Crippen LogP contribution in [0.4, 0.5) is 15.3 Å². The Morgan fingerprint density at radius 3 is 2.05 bits per heavy atom. The van der Waals surface area contributed by atoms with Gasteiger partial charge in [-0.3, -0.25) is 4.79 Å². The third kappa shape index (κ3) is 9.25. The van der Waals surface area contributed by atoms with Gasteiger partial charge in [0.2, 0.25) is 0 Å². The summed E-state index contributed by atoms with van der Waals surface area (Å²) in [5.41, 5.74) is 3.44. The van der Waals surface area contributed by atoms with E-state index in [9.17, 15) is 14.4 Å². The Bertz CT molecular complexity index is 1160. The molecule has 2 aromatic rings. The van der Waals surface area contributed by atoms with Gasteiger partial charge in [0.15, 0.2) is 0 Å². The lowest BCUT2D eigenvalue weighted by molar-refractivity contribution is 0.0270. The number of rotatable bonds is 6. The number of carbonyl (C=O) groups is 3. The summed E-state index contributed by atoms with van der Waals surface area (Å²) in [4.78, 5) is 38.4. The van der Waals surface area contributed by atoms with Gasteiger partial charge in [-0.25, -0.2) is 9.59 Å². The fraction of sp³-hybridized carbons (Fsp3) is 0.433. The van der Waals surface area contributed by atoms with Gasteiger partial charge in [-0.05, 0) is 95.3 Å². The van der Waals surface area contributed by atoms with Gasteiger partial charge in [-0.2, -0.15) is 0 Å². The van der Waals surface area contributed by atoms with Crippen LogP contribution in [0.15, 0.2) is 54.6 Å². The molecule has 0 unspecified atom stereocenters. The molecule has 0 aliphatic carbocycles. The van der Waals surface area contributed by atoms with E-state index in [4.69, 9.17) is 9.47 Å². The van der Waals surface area contributed by atoms with E-state index >= 15 is 0 Å². The second-order valence-electron chi connectivity index (χ2n) is 11.3. The highest BCUT2D eigenvalue weighted by Crippen LogP contribution is 2.24. The number of amides is 3. The fourth-order valence-corrected chi connectivity index (χ4v) is 3.84. The number of benzene rings is 2. The first-order chi connectivity index (χ1) is 17.8. The summed E-state index contributed by atoms with van der Waals surface area (Å²) < 4.78 is 10.7. The fourth-order valence-electron chi connectivity index (χ4n) is 3.84. The van der Waals surface area contributed by atoms with Gasteiger partial charge in [-0.1, -0.05) is 30.3 Å². The van der Waals surface area contributed by atoms with E-state index in [0.29, 0.717) is 37.3 Å². The number of nitrogens with zero attached hydrogens (tertiary/aromatic N) is 1. The molecule has 0 fully saturated rings. The Hall–Kier alpha value is -3.81. The van der Waals surface area contributed by atoms with Crippen LogP contribution in [0.1, 0.15) is 69.4 Å². The summed E-state index contributed by atoms with van der Waals surface area (Å²) in [5, 5.41) is 5.66. The van der Waals surface area contributed by atoms with Gasteiger partial charge in [-0.15, -0.1) is 0 Å². The van der Waals surface area contributed by atoms with Crippen molar-refractivity contribution in [1.82, 2.24) is 10.2 Å². The zero-order valence-electron chi connectivity index (χ0n) is 23.2. The number of hydrogen-bond acceptors (Lipinski definition) is 5. The monoisotopic (exact) mass is 521 g/mol. The third-order valence-electron chi connectivity index (χ3n) is 5.67. The quantitative estimate of drug-likeness (QED) is 0.484. The summed E-state index contributed by atoms with van der Waals surface area (Å²) in [7, 11) is 0. The van der Waals surface area contributed by atoms with E-state index in [2.05, 4.69) is 10.6 Å². The maximum atomic E-state index is 12.7. The molecule has 204 valence electrons. The van der Waals surface area contributed by atoms with Crippen molar-refractivity contribution < 1.29 is 23.9 Å². The van der Waals surface area contributed by atoms with Gasteiger partial charge in [0.05, 0.1) is 0 Å². The molecule has 1 aliphatic rings. The molecule has 2 aromatic carbocycles. The number of anilines is 1. The Labute approximate surface area is 225 Å². The molecule has 3 rings (SSSR count). The number of alkyl carbamates (subject to hydrolysis) is 1. The molecule has 0 saturated carbocycles. The minimum atomic E-state index is -0.525. The molecule has 8 heteroatoms. The molecule has 0 atom stereocenters. The number of hydrogen-bond donors (Lipinski definition) is 2. The maximum Gasteiger partial charge on any atom is 0.410 e. The van der Waals surface area contributed by atoms with E-state index in [-0.39, 0.29) is 12.0 Å². The Morgan fingerprint density at radius 1 is 0.868 bits per heavy atom. The zero-order chi connectivity index (χ0) is 27.9. The standard InChI is InChI=1S/C30H39N3O5/c1-29(2,3)37-27(35)31-18-15-21-7-13-25(14-8-21)32-26(34)24-11-9-22(10-12-24)23-16-19-33(20-17-23)28(36)38-30(4,5)6/h7-14,16H,15,17-20H2,1-6H3,(H,31,35)(H,32,34). The lowest BCUT2D eigenvalue weighted by Crippen LogP contribution is -2.39. The van der Waals surface area contributed by atoms with E-state index in [1.54, 1.807) is 4.90 Å². The van der Waals surface area contributed by atoms with Crippen molar-refractivity contribution >= 4 is 29.4 Å². The van der Waals surface area contributed by atoms with E-state index in [0.717, 1.165) is 23.1 Å². The molecule has 0 saturated heterocycles. The van der Waals surface area contributed by atoms with Crippen molar-refractivity contribution in [2.45, 2.75) is 65.6 Å². The first-order valence-corrected chi connectivity index (χ1v) is 12.9. The second kappa shape index (κ2) is 12.2. The summed E-state index contributed by atoms with van der Waals surface area (Å²) >= 11 is 0. The Kier molecular flexibility index (Phi) is 9.20. The van der Waals surface area contributed by atoms with Crippen molar-refractivity contribution in [2.75, 3.05) is 25.0 Å². The molecule has 3 amide bonds. The van der Waals surface area contributed by atoms with Gasteiger partial charge >= 0.3 is 12.2 Å². The van der Waals surface area contributed by atoms with Crippen LogP contribution in [0.25, 0.3) is 5.57 Å². The van der Waals surface area contributed by atoms with Crippen molar-refractivity contribution in [3.63, 3.8) is 0 Å². The summed E-state index contributed by atoms with van der Waals surface area (Å²) in [5.74, 6) is -0.190. The minimum absolute atomic E-state index is 0.190. The highest BCUT2D eigenvalue weighted by molar-refractivity contribution is 6.04. The minimum Gasteiger partial charge on any atom is -0.444 e. The largest absolute Gasteiger partial charge is 0.444 e. The second-order valence-corrected chi connectivity index (χ2v) is 11.3. The van der Waals surface area contributed by atoms with E-state index in [1.807, 2.05) is 96.1 Å². The summed E-state index contributed by atoms with van der Waals surface area (Å²) in [6.07, 6.45) is 2.68. The first-order valence-electron chi connectivity index (χ1n) is 12.9. The van der Waals surface area contributed by atoms with Crippen molar-refractivity contribution in [1.29, 1.82) is 0 Å². The SMILES string of the molecule is CC(C)(C)OC(=O)NCCc1ccc(NC(=O)c2ccc(C3=CCN(C(=O)OC(C)(C)C)CC3)cc2)cc1. The molecule has 0 radical (unpaired) electrons. The molecule has 8 nitrogen and oxygen atoms in total. The van der Waals surface area contributed by atoms with E-state index in [1.165, 1.54) is 0 Å². The van der Waals surface area contributed by atoms with Crippen LogP contribution < -0.4 is 10.6 Å². The average Bonchev–Trinajstić information content (AvgIpc) is 2.83. The van der Waals surface area contributed by atoms with Crippen LogP contribution >= 0.6 is 0 Å². The highest BCUT2D eigenvalue weighted by Gasteiger charge is 2.24. The van der Waals surface area contributed by atoms with Crippen LogP contribution in [-0.4, -0.2) is 53.8 Å². The highest BCUT2D eigenvalue weighted by atomic mass is 16.6. The molecule has 1 heterocycles. The predicted octanol–water partition coefficient (Wildman–Crippen LogP) is 6.03. The maximum absolute atomic E-state index is 12.7. The smallest absolute Gasteiger partial charge is 0.410 e. The number of ether oxygens (including phenoxy) is 2. The van der Waals surface area contributed by atoms with Crippen molar-refractivity contribution in [3.05, 3.63) is 71.3 Å².